The molecule has 0 spiro atoms. The fourth-order valence-electron chi connectivity index (χ4n) is 4.71. The molecule has 5 heteroatoms. The Bertz CT molecular complexity index is 2170. The van der Waals surface area contributed by atoms with Crippen molar-refractivity contribution in [3.63, 3.8) is 0 Å². The van der Waals surface area contributed by atoms with Crippen molar-refractivity contribution in [1.29, 1.82) is 0 Å². The topological polar surface area (TPSA) is 38.9 Å². The summed E-state index contributed by atoms with van der Waals surface area (Å²) < 4.78 is 48.8. The number of hydrogen-bond donors (Lipinski definition) is 0. The number of aryl methyl sites for hydroxylation is 2. The van der Waals surface area contributed by atoms with Gasteiger partial charge < -0.3 is 14.4 Å². The van der Waals surface area contributed by atoms with Gasteiger partial charge in [-0.15, -0.1) is 65.4 Å². The van der Waals surface area contributed by atoms with Crippen LogP contribution in [-0.4, -0.2) is 9.97 Å². The van der Waals surface area contributed by atoms with Crippen LogP contribution in [0.3, 0.4) is 0 Å². The molecule has 0 saturated carbocycles. The van der Waals surface area contributed by atoms with Gasteiger partial charge in [-0.1, -0.05) is 61.5 Å². The molecule has 7 rings (SSSR count). The zero-order chi connectivity index (χ0) is 32.9. The third-order valence-corrected chi connectivity index (χ3v) is 7.48. The Hall–Kier alpha value is -3.63. The molecule has 0 aliphatic rings. The number of nitrogens with zero attached hydrogens (tertiary/aromatic N) is 2. The van der Waals surface area contributed by atoms with E-state index in [0.717, 1.165) is 37.7 Å². The Morgan fingerprint density at radius 3 is 2.45 bits per heavy atom. The van der Waals surface area contributed by atoms with Crippen molar-refractivity contribution in [3.8, 4) is 22.5 Å². The van der Waals surface area contributed by atoms with Gasteiger partial charge in [-0.25, -0.2) is 0 Å². The molecule has 3 aromatic carbocycles. The van der Waals surface area contributed by atoms with Crippen molar-refractivity contribution in [2.75, 3.05) is 0 Å². The minimum Gasteiger partial charge on any atom is -0.500 e. The maximum atomic E-state index is 8.78. The number of aromatic nitrogens is 2. The molecular weight excluding hydrogens is 713 g/mol. The SMILES string of the molecule is Cc1ccc(-c2[c-]cccc2)nc1.[2H]C([2H])([2H])c1cnc(-c2[c-]ccc3c2oc2c4ccsc4ccc32)cc1C([2H])([2H])C(C)(C)C.[Ir]. The predicted molar refractivity (Wildman–Crippen MR) is 172 cm³/mol. The molecule has 4 aromatic heterocycles. The second kappa shape index (κ2) is 12.3. The van der Waals surface area contributed by atoms with Gasteiger partial charge in [0.25, 0.3) is 0 Å². The van der Waals surface area contributed by atoms with E-state index >= 15 is 0 Å². The van der Waals surface area contributed by atoms with Crippen LogP contribution in [0.25, 0.3) is 54.5 Å². The van der Waals surface area contributed by atoms with Crippen molar-refractivity contribution in [1.82, 2.24) is 9.97 Å². The fraction of sp³-hybridized carbons (Fsp3) is 0.189. The Morgan fingerprint density at radius 1 is 0.881 bits per heavy atom. The van der Waals surface area contributed by atoms with E-state index in [4.69, 9.17) is 11.3 Å². The minimum atomic E-state index is -2.49. The van der Waals surface area contributed by atoms with E-state index in [0.29, 0.717) is 16.8 Å². The quantitative estimate of drug-likeness (QED) is 0.169. The molecule has 0 atom stereocenters. The third-order valence-electron chi connectivity index (χ3n) is 6.60. The van der Waals surface area contributed by atoms with Crippen molar-refractivity contribution in [2.45, 2.75) is 40.9 Å². The average molecular weight is 750 g/mol. The predicted octanol–water partition coefficient (Wildman–Crippen LogP) is 10.4. The standard InChI is InChI=1S/C25H22NOS.C12H10N.Ir/c1-15-14-26-21(12-16(15)13-25(2,3)4)19-7-5-6-17-18-8-9-22-20(10-11-28-22)24(18)27-23(17)19;1-10-7-8-12(13-9-10)11-5-3-2-4-6-11;/h5-6,8-12,14H,13H2,1-4H3;2-5,7-9H,1H3;/q2*-1;/i1D3,13D2;;. The van der Waals surface area contributed by atoms with E-state index in [9.17, 15) is 0 Å². The van der Waals surface area contributed by atoms with Crippen LogP contribution >= 0.6 is 11.3 Å². The molecule has 0 bridgehead atoms. The summed E-state index contributed by atoms with van der Waals surface area (Å²) in [5, 5.41) is 4.96. The first kappa shape index (κ1) is 23.9. The molecule has 42 heavy (non-hydrogen) atoms. The summed E-state index contributed by atoms with van der Waals surface area (Å²) in [5.41, 5.74) is 4.80. The molecule has 4 heterocycles. The van der Waals surface area contributed by atoms with E-state index in [2.05, 4.69) is 34.2 Å². The first-order valence-corrected chi connectivity index (χ1v) is 14.3. The van der Waals surface area contributed by atoms with Crippen LogP contribution in [0.2, 0.25) is 0 Å². The third kappa shape index (κ3) is 6.24. The van der Waals surface area contributed by atoms with Crippen LogP contribution in [0.15, 0.2) is 95.0 Å². The zero-order valence-corrected chi connectivity index (χ0v) is 26.9. The number of pyridine rings is 2. The monoisotopic (exact) mass is 750 g/mol. The van der Waals surface area contributed by atoms with Crippen LogP contribution < -0.4 is 0 Å². The first-order chi connectivity index (χ1) is 21.8. The molecule has 0 N–H and O–H groups in total. The van der Waals surface area contributed by atoms with Crippen molar-refractivity contribution in [2.24, 2.45) is 5.41 Å². The van der Waals surface area contributed by atoms with Gasteiger partial charge in [0, 0.05) is 54.8 Å². The second-order valence-corrected chi connectivity index (χ2v) is 11.9. The number of thiophene rings is 1. The number of rotatable bonds is 3. The average Bonchev–Trinajstić information content (AvgIpc) is 3.66. The van der Waals surface area contributed by atoms with Gasteiger partial charge in [-0.3, -0.25) is 0 Å². The molecule has 0 aliphatic carbocycles. The smallest absolute Gasteiger partial charge is 0.129 e. The van der Waals surface area contributed by atoms with E-state index in [-0.39, 0.29) is 31.2 Å². The van der Waals surface area contributed by atoms with Crippen LogP contribution in [-0.2, 0) is 26.5 Å². The first-order valence-electron chi connectivity index (χ1n) is 15.9. The van der Waals surface area contributed by atoms with Crippen molar-refractivity contribution < 1.29 is 31.4 Å². The Kier molecular flexibility index (Phi) is 7.00. The van der Waals surface area contributed by atoms with Gasteiger partial charge in [0.05, 0.1) is 5.58 Å². The number of fused-ring (bicyclic) bond motifs is 5. The number of furan rings is 1. The normalized spacial score (nSPS) is 13.8. The zero-order valence-electron chi connectivity index (χ0n) is 28.7. The Morgan fingerprint density at radius 2 is 1.71 bits per heavy atom. The van der Waals surface area contributed by atoms with Crippen molar-refractivity contribution in [3.05, 3.63) is 119 Å². The van der Waals surface area contributed by atoms with Crippen LogP contribution in [0.5, 0.6) is 0 Å². The summed E-state index contributed by atoms with van der Waals surface area (Å²) >= 11 is 1.65. The van der Waals surface area contributed by atoms with Crippen LogP contribution in [0.4, 0.5) is 0 Å². The van der Waals surface area contributed by atoms with Gasteiger partial charge in [0.2, 0.25) is 0 Å². The van der Waals surface area contributed by atoms with E-state index in [1.54, 1.807) is 44.2 Å². The summed E-state index contributed by atoms with van der Waals surface area (Å²) in [7, 11) is 0. The molecule has 213 valence electrons. The summed E-state index contributed by atoms with van der Waals surface area (Å²) in [6.07, 6.45) is 1.24. The Labute approximate surface area is 272 Å². The summed E-state index contributed by atoms with van der Waals surface area (Å²) in [4.78, 5) is 8.75. The molecule has 0 amide bonds. The maximum Gasteiger partial charge on any atom is 0.129 e. The van der Waals surface area contributed by atoms with Gasteiger partial charge >= 0.3 is 0 Å². The summed E-state index contributed by atoms with van der Waals surface area (Å²) in [6.45, 7) is 4.82. The molecule has 0 unspecified atom stereocenters. The van der Waals surface area contributed by atoms with E-state index in [1.165, 1.54) is 11.8 Å². The molecule has 7 aromatic rings. The molecule has 3 nitrogen and oxygen atoms in total. The van der Waals surface area contributed by atoms with Crippen LogP contribution in [0, 0.1) is 31.3 Å². The van der Waals surface area contributed by atoms with Gasteiger partial charge in [0.1, 0.15) is 5.58 Å². The van der Waals surface area contributed by atoms with E-state index in [1.807, 2.05) is 67.0 Å². The molecule has 0 saturated heterocycles. The van der Waals surface area contributed by atoms with Gasteiger partial charge in [-0.05, 0) is 65.6 Å². The maximum absolute atomic E-state index is 8.78. The summed E-state index contributed by atoms with van der Waals surface area (Å²) in [6, 6.07) is 29.7. The second-order valence-electron chi connectivity index (χ2n) is 11.0. The van der Waals surface area contributed by atoms with Crippen molar-refractivity contribution >= 4 is 43.4 Å². The molecule has 1 radical (unpaired) electrons. The molecule has 0 fully saturated rings. The largest absolute Gasteiger partial charge is 0.500 e. The minimum absolute atomic E-state index is 0. The van der Waals surface area contributed by atoms with Gasteiger partial charge in [-0.2, -0.15) is 0 Å². The Balaban J connectivity index is 0.000000260. The van der Waals surface area contributed by atoms with Crippen LogP contribution in [0.1, 0.15) is 44.3 Å². The summed E-state index contributed by atoms with van der Waals surface area (Å²) in [5.74, 6) is 0. The number of hydrogen-bond acceptors (Lipinski definition) is 4. The molecular formula is C37H32IrN2OS-2. The van der Waals surface area contributed by atoms with E-state index < -0.39 is 18.6 Å². The molecule has 0 aliphatic heterocycles. The number of benzene rings is 3. The van der Waals surface area contributed by atoms with Gasteiger partial charge in [0.15, 0.2) is 0 Å². The fourth-order valence-corrected chi connectivity index (χ4v) is 5.50.